The molecule has 214 valence electrons. The molecule has 0 radical (unpaired) electrons. The number of piperidine rings is 1. The van der Waals surface area contributed by atoms with Gasteiger partial charge in [-0.1, -0.05) is 30.2 Å². The largest absolute Gasteiger partial charge is 0.417 e. The SMILES string of the molecule is O=C(Nc1ccc(S(=O)(=O)Nc2ccc(Cl)c(C(F)(F)F)c2)cc1)c1ccc(CS(=O)(=O)N2CCCCC2)cc1. The molecule has 1 fully saturated rings. The van der Waals surface area contributed by atoms with Crippen molar-refractivity contribution >= 4 is 48.9 Å². The van der Waals surface area contributed by atoms with E-state index in [0.717, 1.165) is 31.4 Å². The van der Waals surface area contributed by atoms with Crippen LogP contribution in [0.15, 0.2) is 71.6 Å². The lowest BCUT2D eigenvalue weighted by atomic mass is 10.1. The fourth-order valence-corrected chi connectivity index (χ4v) is 7.02. The van der Waals surface area contributed by atoms with E-state index in [-0.39, 0.29) is 27.6 Å². The highest BCUT2D eigenvalue weighted by Gasteiger charge is 2.33. The van der Waals surface area contributed by atoms with E-state index in [1.807, 2.05) is 0 Å². The molecule has 0 atom stereocenters. The van der Waals surface area contributed by atoms with Gasteiger partial charge in [-0.3, -0.25) is 9.52 Å². The van der Waals surface area contributed by atoms with E-state index >= 15 is 0 Å². The van der Waals surface area contributed by atoms with Gasteiger partial charge in [0.15, 0.2) is 0 Å². The predicted octanol–water partition coefficient (Wildman–Crippen LogP) is 5.73. The van der Waals surface area contributed by atoms with Gasteiger partial charge in [0.25, 0.3) is 15.9 Å². The van der Waals surface area contributed by atoms with Gasteiger partial charge in [0.1, 0.15) is 0 Å². The highest BCUT2D eigenvalue weighted by Crippen LogP contribution is 2.36. The Labute approximate surface area is 235 Å². The van der Waals surface area contributed by atoms with Crippen LogP contribution in [0.4, 0.5) is 24.5 Å². The maximum Gasteiger partial charge on any atom is 0.417 e. The number of carbonyl (C=O) groups is 1. The molecule has 0 aromatic heterocycles. The van der Waals surface area contributed by atoms with Crippen LogP contribution in [0.25, 0.3) is 0 Å². The van der Waals surface area contributed by atoms with E-state index in [4.69, 9.17) is 11.6 Å². The van der Waals surface area contributed by atoms with Gasteiger partial charge in [0, 0.05) is 30.0 Å². The zero-order valence-corrected chi connectivity index (χ0v) is 23.3. The average molecular weight is 616 g/mol. The second kappa shape index (κ2) is 11.8. The molecule has 8 nitrogen and oxygen atoms in total. The number of carbonyl (C=O) groups excluding carboxylic acids is 1. The summed E-state index contributed by atoms with van der Waals surface area (Å²) in [5, 5.41) is 2.05. The van der Waals surface area contributed by atoms with Gasteiger partial charge < -0.3 is 5.32 Å². The highest BCUT2D eigenvalue weighted by molar-refractivity contribution is 7.92. The van der Waals surface area contributed by atoms with Gasteiger partial charge in [-0.15, -0.1) is 0 Å². The lowest BCUT2D eigenvalue weighted by Gasteiger charge is -2.25. The molecule has 1 aliphatic heterocycles. The minimum atomic E-state index is -4.76. The Kier molecular flexibility index (Phi) is 8.78. The van der Waals surface area contributed by atoms with E-state index in [0.29, 0.717) is 24.7 Å². The Morgan fingerprint density at radius 2 is 1.45 bits per heavy atom. The van der Waals surface area contributed by atoms with Gasteiger partial charge >= 0.3 is 6.18 Å². The number of nitrogens with one attached hydrogen (secondary N) is 2. The van der Waals surface area contributed by atoms with Crippen molar-refractivity contribution in [3.8, 4) is 0 Å². The molecule has 3 aromatic rings. The fourth-order valence-electron chi connectivity index (χ4n) is 4.14. The highest BCUT2D eigenvalue weighted by atomic mass is 35.5. The van der Waals surface area contributed by atoms with Crippen LogP contribution in [-0.4, -0.2) is 40.1 Å². The van der Waals surface area contributed by atoms with Gasteiger partial charge in [0.05, 0.1) is 21.2 Å². The number of nitrogens with zero attached hydrogens (tertiary/aromatic N) is 1. The quantitative estimate of drug-likeness (QED) is 0.336. The lowest BCUT2D eigenvalue weighted by Crippen LogP contribution is -2.36. The van der Waals surface area contributed by atoms with Crippen molar-refractivity contribution in [3.63, 3.8) is 0 Å². The number of hydrogen-bond acceptors (Lipinski definition) is 5. The average Bonchev–Trinajstić information content (AvgIpc) is 2.90. The number of halogens is 4. The Morgan fingerprint density at radius 3 is 2.05 bits per heavy atom. The third-order valence-electron chi connectivity index (χ3n) is 6.22. The maximum absolute atomic E-state index is 13.1. The van der Waals surface area contributed by atoms with Gasteiger partial charge in [-0.2, -0.15) is 13.2 Å². The van der Waals surface area contributed by atoms with E-state index in [2.05, 4.69) is 10.0 Å². The molecule has 14 heteroatoms. The first-order valence-electron chi connectivity index (χ1n) is 12.1. The molecule has 1 amide bonds. The number of alkyl halides is 3. The van der Waals surface area contributed by atoms with Crippen LogP contribution in [0.2, 0.25) is 5.02 Å². The molecular weight excluding hydrogens is 591 g/mol. The van der Waals surface area contributed by atoms with Crippen LogP contribution in [0, 0.1) is 0 Å². The van der Waals surface area contributed by atoms with Crippen LogP contribution in [0.5, 0.6) is 0 Å². The summed E-state index contributed by atoms with van der Waals surface area (Å²) < 4.78 is 93.5. The molecule has 0 aliphatic carbocycles. The molecule has 1 saturated heterocycles. The van der Waals surface area contributed by atoms with Crippen LogP contribution in [0.1, 0.15) is 40.7 Å². The molecule has 4 rings (SSSR count). The van der Waals surface area contributed by atoms with E-state index in [1.54, 1.807) is 12.1 Å². The monoisotopic (exact) mass is 615 g/mol. The first kappa shape index (κ1) is 29.8. The molecule has 3 aromatic carbocycles. The first-order chi connectivity index (χ1) is 18.7. The Hall–Kier alpha value is -3.13. The minimum absolute atomic E-state index is 0.160. The van der Waals surface area contributed by atoms with Crippen molar-refractivity contribution in [1.82, 2.24) is 4.31 Å². The number of hydrogen-bond donors (Lipinski definition) is 2. The summed E-state index contributed by atoms with van der Waals surface area (Å²) in [7, 11) is -7.68. The van der Waals surface area contributed by atoms with Gasteiger partial charge in [-0.05, 0) is 73.0 Å². The second-order valence-electron chi connectivity index (χ2n) is 9.19. The summed E-state index contributed by atoms with van der Waals surface area (Å²) in [4.78, 5) is 12.4. The normalized spacial score (nSPS) is 15.0. The molecule has 1 aliphatic rings. The Morgan fingerprint density at radius 1 is 0.850 bits per heavy atom. The van der Waals surface area contributed by atoms with Crippen molar-refractivity contribution in [3.05, 3.63) is 88.4 Å². The van der Waals surface area contributed by atoms with Gasteiger partial charge in [-0.25, -0.2) is 21.1 Å². The van der Waals surface area contributed by atoms with E-state index < -0.39 is 42.7 Å². The van der Waals surface area contributed by atoms with Crippen LogP contribution in [-0.2, 0) is 32.0 Å². The van der Waals surface area contributed by atoms with Gasteiger partial charge in [0.2, 0.25) is 10.0 Å². The molecule has 0 unspecified atom stereocenters. The molecule has 0 bridgehead atoms. The smallest absolute Gasteiger partial charge is 0.322 e. The predicted molar refractivity (Wildman–Crippen MR) is 146 cm³/mol. The zero-order chi connectivity index (χ0) is 29.1. The van der Waals surface area contributed by atoms with E-state index in [1.165, 1.54) is 40.7 Å². The molecule has 1 heterocycles. The third-order valence-corrected chi connectivity index (χ3v) is 9.80. The molecule has 2 N–H and O–H groups in total. The fraction of sp³-hybridized carbons (Fsp3) is 0.269. The summed E-state index contributed by atoms with van der Waals surface area (Å²) in [6.45, 7) is 1.03. The second-order valence-corrected chi connectivity index (χ2v) is 13.2. The molecular formula is C26H25ClF3N3O5S2. The number of amides is 1. The molecule has 0 spiro atoms. The minimum Gasteiger partial charge on any atom is -0.322 e. The van der Waals surface area contributed by atoms with Crippen LogP contribution >= 0.6 is 11.6 Å². The van der Waals surface area contributed by atoms with Crippen molar-refractivity contribution in [1.29, 1.82) is 0 Å². The molecule has 0 saturated carbocycles. The number of sulfonamides is 2. The number of benzene rings is 3. The first-order valence-corrected chi connectivity index (χ1v) is 15.6. The Bertz CT molecular complexity index is 1590. The van der Waals surface area contributed by atoms with Crippen LogP contribution < -0.4 is 10.0 Å². The lowest BCUT2D eigenvalue weighted by molar-refractivity contribution is -0.137. The topological polar surface area (TPSA) is 113 Å². The summed E-state index contributed by atoms with van der Waals surface area (Å²) in [5.74, 6) is -0.660. The Balaban J connectivity index is 1.39. The number of anilines is 2. The third kappa shape index (κ3) is 7.33. The van der Waals surface area contributed by atoms with Crippen LogP contribution in [0.3, 0.4) is 0 Å². The van der Waals surface area contributed by atoms with E-state index in [9.17, 15) is 34.8 Å². The zero-order valence-electron chi connectivity index (χ0n) is 20.9. The number of rotatable bonds is 8. The van der Waals surface area contributed by atoms with Crippen molar-refractivity contribution in [2.24, 2.45) is 0 Å². The summed E-state index contributed by atoms with van der Waals surface area (Å²) >= 11 is 5.58. The summed E-state index contributed by atoms with van der Waals surface area (Å²) in [6.07, 6.45) is -2.07. The van der Waals surface area contributed by atoms with Crippen molar-refractivity contribution < 1.29 is 34.8 Å². The van der Waals surface area contributed by atoms with Crippen molar-refractivity contribution in [2.45, 2.75) is 36.1 Å². The summed E-state index contributed by atoms with van der Waals surface area (Å²) in [6, 6.07) is 13.8. The van der Waals surface area contributed by atoms with Crippen molar-refractivity contribution in [2.75, 3.05) is 23.1 Å². The summed E-state index contributed by atoms with van der Waals surface area (Å²) in [5.41, 5.74) is -0.412. The maximum atomic E-state index is 13.1. The standard InChI is InChI=1S/C26H25ClF3N3O5S2/c27-24-13-10-21(16-23(24)26(28,29)30)32-40(37,38)22-11-8-20(9-12-22)31-25(34)19-6-4-18(5-7-19)17-39(35,36)33-14-2-1-3-15-33/h4-13,16,32H,1-3,14-15,17H2,(H,31,34). The molecule has 40 heavy (non-hydrogen) atoms.